The Morgan fingerprint density at radius 2 is 2.07 bits per heavy atom. The molecule has 0 saturated carbocycles. The van der Waals surface area contributed by atoms with Crippen LogP contribution in [0.1, 0.15) is 62.6 Å². The van der Waals surface area contributed by atoms with E-state index in [1.54, 1.807) is 11.3 Å². The lowest BCUT2D eigenvalue weighted by Gasteiger charge is -2.35. The number of hydrogen-bond donors (Lipinski definition) is 1. The number of nitrogens with zero attached hydrogens (tertiary/aromatic N) is 2. The maximum Gasteiger partial charge on any atom is 0.231 e. The Hall–Kier alpha value is -2.28. The van der Waals surface area contributed by atoms with Gasteiger partial charge in [-0.2, -0.15) is 0 Å². The molecule has 2 aliphatic heterocycles. The molecule has 0 aliphatic carbocycles. The Morgan fingerprint density at radius 1 is 1.28 bits per heavy atom. The molecule has 1 aromatic carbocycles. The Bertz CT molecular complexity index is 903. The number of carbonyl (C=O) groups is 1. The molecule has 29 heavy (non-hydrogen) atoms. The molecule has 0 radical (unpaired) electrons. The summed E-state index contributed by atoms with van der Waals surface area (Å²) in [5, 5.41) is 1.01. The van der Waals surface area contributed by atoms with Crippen molar-refractivity contribution < 1.29 is 14.3 Å². The van der Waals surface area contributed by atoms with Gasteiger partial charge in [0.15, 0.2) is 16.6 Å². The largest absolute Gasteiger partial charge is 0.454 e. The zero-order valence-electron chi connectivity index (χ0n) is 17.4. The first-order valence-electron chi connectivity index (χ1n) is 10.2. The first-order chi connectivity index (χ1) is 13.8. The Kier molecular flexibility index (Phi) is 5.42. The van der Waals surface area contributed by atoms with Crippen LogP contribution in [0.3, 0.4) is 0 Å². The summed E-state index contributed by atoms with van der Waals surface area (Å²) in [4.78, 5) is 20.2. The van der Waals surface area contributed by atoms with E-state index in [2.05, 4.69) is 37.8 Å². The van der Waals surface area contributed by atoms with E-state index in [-0.39, 0.29) is 24.2 Å². The van der Waals surface area contributed by atoms with Gasteiger partial charge in [-0.25, -0.2) is 4.98 Å². The van der Waals surface area contributed by atoms with Crippen LogP contribution in [-0.2, 0) is 16.6 Å². The number of aromatic nitrogens is 1. The fourth-order valence-electron chi connectivity index (χ4n) is 4.10. The van der Waals surface area contributed by atoms with Crippen LogP contribution < -0.4 is 20.1 Å². The fraction of sp³-hybridized carbons (Fsp3) is 0.545. The molecular weight excluding hydrogens is 386 g/mol. The van der Waals surface area contributed by atoms with Crippen molar-refractivity contribution in [3.8, 4) is 11.5 Å². The molecule has 2 aromatic rings. The number of anilines is 1. The predicted molar refractivity (Wildman–Crippen MR) is 115 cm³/mol. The summed E-state index contributed by atoms with van der Waals surface area (Å²) >= 11 is 1.74. The maximum atomic E-state index is 11.6. The van der Waals surface area contributed by atoms with Crippen molar-refractivity contribution in [2.45, 2.75) is 64.3 Å². The highest BCUT2D eigenvalue weighted by Crippen LogP contribution is 2.39. The van der Waals surface area contributed by atoms with Gasteiger partial charge in [0.25, 0.3) is 0 Å². The summed E-state index contributed by atoms with van der Waals surface area (Å²) in [5.41, 5.74) is 7.76. The van der Waals surface area contributed by atoms with Gasteiger partial charge in [-0.15, -0.1) is 11.3 Å². The molecule has 0 spiro atoms. The lowest BCUT2D eigenvalue weighted by molar-refractivity contribution is -0.118. The van der Waals surface area contributed by atoms with Crippen molar-refractivity contribution in [1.82, 2.24) is 4.98 Å². The molecule has 1 unspecified atom stereocenters. The molecule has 1 atom stereocenters. The Labute approximate surface area is 176 Å². The van der Waals surface area contributed by atoms with Gasteiger partial charge in [0.05, 0.1) is 5.69 Å². The average Bonchev–Trinajstić information content (AvgIpc) is 3.28. The van der Waals surface area contributed by atoms with Crippen LogP contribution in [0.25, 0.3) is 0 Å². The summed E-state index contributed by atoms with van der Waals surface area (Å²) in [7, 11) is 0. The van der Waals surface area contributed by atoms with Crippen LogP contribution in [-0.4, -0.2) is 30.3 Å². The van der Waals surface area contributed by atoms with Gasteiger partial charge in [0.2, 0.25) is 12.7 Å². The second kappa shape index (κ2) is 7.86. The summed E-state index contributed by atoms with van der Waals surface area (Å²) < 4.78 is 11.0. The highest BCUT2D eigenvalue weighted by molar-refractivity contribution is 7.15. The molecule has 4 rings (SSSR count). The number of carbonyl (C=O) groups excluding carboxylic acids is 1. The van der Waals surface area contributed by atoms with Crippen LogP contribution in [0.5, 0.6) is 11.5 Å². The van der Waals surface area contributed by atoms with Gasteiger partial charge < -0.3 is 20.1 Å². The Morgan fingerprint density at radius 3 is 2.83 bits per heavy atom. The fourth-order valence-corrected chi connectivity index (χ4v) is 5.50. The minimum Gasteiger partial charge on any atom is -0.454 e. The van der Waals surface area contributed by atoms with Gasteiger partial charge in [0.1, 0.15) is 0 Å². The van der Waals surface area contributed by atoms with Gasteiger partial charge in [-0.05, 0) is 37.0 Å². The number of primary amides is 1. The monoisotopic (exact) mass is 415 g/mol. The lowest BCUT2D eigenvalue weighted by Crippen LogP contribution is -2.42. The second-order valence-electron chi connectivity index (χ2n) is 8.90. The van der Waals surface area contributed by atoms with Gasteiger partial charge in [-0.1, -0.05) is 26.8 Å². The Balaban J connectivity index is 1.65. The van der Waals surface area contributed by atoms with E-state index in [1.165, 1.54) is 10.4 Å². The number of hydrogen-bond acceptors (Lipinski definition) is 6. The molecule has 1 amide bonds. The minimum atomic E-state index is -0.241. The first-order valence-corrected chi connectivity index (χ1v) is 11.1. The molecule has 1 saturated heterocycles. The zero-order valence-corrected chi connectivity index (χ0v) is 18.2. The summed E-state index contributed by atoms with van der Waals surface area (Å²) in [5.74, 6) is 1.37. The number of nitrogens with two attached hydrogens (primary N) is 1. The van der Waals surface area contributed by atoms with E-state index in [0.717, 1.165) is 54.6 Å². The number of ether oxygens (including phenoxy) is 2. The van der Waals surface area contributed by atoms with E-state index in [4.69, 9.17) is 20.2 Å². The van der Waals surface area contributed by atoms with E-state index >= 15 is 0 Å². The number of rotatable bonds is 5. The lowest BCUT2D eigenvalue weighted by atomic mass is 9.90. The highest BCUT2D eigenvalue weighted by atomic mass is 32.1. The molecule has 6 nitrogen and oxygen atoms in total. The number of piperidine rings is 1. The normalized spacial score (nSPS) is 18.9. The third kappa shape index (κ3) is 4.34. The number of amides is 1. The molecule has 1 aromatic heterocycles. The average molecular weight is 416 g/mol. The first kappa shape index (κ1) is 20.0. The highest BCUT2D eigenvalue weighted by Gasteiger charge is 2.30. The van der Waals surface area contributed by atoms with Crippen LogP contribution >= 0.6 is 11.3 Å². The molecule has 1 fully saturated rings. The van der Waals surface area contributed by atoms with Gasteiger partial charge in [-0.3, -0.25) is 4.79 Å². The molecule has 2 aliphatic rings. The maximum absolute atomic E-state index is 11.6. The van der Waals surface area contributed by atoms with E-state index in [0.29, 0.717) is 6.42 Å². The quantitative estimate of drug-likeness (QED) is 0.799. The molecule has 0 bridgehead atoms. The van der Waals surface area contributed by atoms with Crippen LogP contribution in [0, 0.1) is 0 Å². The third-order valence-corrected chi connectivity index (χ3v) is 6.60. The smallest absolute Gasteiger partial charge is 0.231 e. The summed E-state index contributed by atoms with van der Waals surface area (Å²) in [6.07, 6.45) is 4.44. The van der Waals surface area contributed by atoms with E-state index < -0.39 is 0 Å². The molecule has 156 valence electrons. The van der Waals surface area contributed by atoms with Crippen molar-refractivity contribution in [2.75, 3.05) is 18.2 Å². The number of benzene rings is 1. The van der Waals surface area contributed by atoms with Crippen LogP contribution in [0.2, 0.25) is 0 Å². The van der Waals surface area contributed by atoms with Crippen molar-refractivity contribution in [3.63, 3.8) is 0 Å². The standard InChI is InChI=1S/C22H29N3O3S/c1-22(2,3)20-18(11-14-7-8-16-17(10-14)28-13-27-16)29-21(24-20)25-9-5-4-6-15(25)12-19(23)26/h7-8,10,15H,4-6,9,11-13H2,1-3H3,(H2,23,26). The summed E-state index contributed by atoms with van der Waals surface area (Å²) in [6, 6.07) is 6.28. The van der Waals surface area contributed by atoms with E-state index in [1.807, 2.05) is 6.07 Å². The van der Waals surface area contributed by atoms with Crippen LogP contribution in [0.4, 0.5) is 5.13 Å². The molecule has 3 heterocycles. The molecule has 7 heteroatoms. The van der Waals surface area contributed by atoms with Gasteiger partial charge >= 0.3 is 0 Å². The topological polar surface area (TPSA) is 77.7 Å². The van der Waals surface area contributed by atoms with E-state index in [9.17, 15) is 4.79 Å². The minimum absolute atomic E-state index is 0.0601. The molecule has 2 N–H and O–H groups in total. The SMILES string of the molecule is CC(C)(C)c1nc(N2CCCCC2CC(N)=O)sc1Cc1ccc2c(c1)OCO2. The van der Waals surface area contributed by atoms with Gasteiger partial charge in [0, 0.05) is 35.7 Å². The van der Waals surface area contributed by atoms with Crippen molar-refractivity contribution in [1.29, 1.82) is 0 Å². The van der Waals surface area contributed by atoms with Crippen LogP contribution in [0.15, 0.2) is 18.2 Å². The van der Waals surface area contributed by atoms with Crippen molar-refractivity contribution in [2.24, 2.45) is 5.73 Å². The van der Waals surface area contributed by atoms with Crippen molar-refractivity contribution >= 4 is 22.4 Å². The number of thiazole rings is 1. The summed E-state index contributed by atoms with van der Waals surface area (Å²) in [6.45, 7) is 7.82. The second-order valence-corrected chi connectivity index (χ2v) is 9.96. The van der Waals surface area contributed by atoms with Crippen molar-refractivity contribution in [3.05, 3.63) is 34.3 Å². The zero-order chi connectivity index (χ0) is 20.6. The third-order valence-electron chi connectivity index (χ3n) is 5.51. The predicted octanol–water partition coefficient (Wildman–Crippen LogP) is 3.99. The molecular formula is C22H29N3O3S. The number of fused-ring (bicyclic) bond motifs is 1.